The number of carboxylic acid groups (broad SMARTS) is 1. The number of carbonyl (C=O) groups excluding carboxylic acids is 1. The number of aromatic hydroxyl groups is 1. The Hall–Kier alpha value is -3.61. The van der Waals surface area contributed by atoms with E-state index < -0.39 is 32.2 Å². The van der Waals surface area contributed by atoms with Gasteiger partial charge in [0.25, 0.3) is 5.91 Å². The van der Waals surface area contributed by atoms with Gasteiger partial charge in [-0.05, 0) is 55.5 Å². The largest absolute Gasteiger partial charge is 0.506 e. The third kappa shape index (κ3) is 10.7. The topological polar surface area (TPSA) is 211 Å². The van der Waals surface area contributed by atoms with Gasteiger partial charge in [-0.15, -0.1) is 6.42 Å². The molecule has 0 fully saturated rings. The summed E-state index contributed by atoms with van der Waals surface area (Å²) >= 11 is 7.45. The number of nitriles is 1. The summed E-state index contributed by atoms with van der Waals surface area (Å²) in [6.45, 7) is 4.61. The van der Waals surface area contributed by atoms with E-state index in [-0.39, 0.29) is 35.9 Å². The number of hydrogen-bond donors (Lipinski definition) is 5. The molecule has 1 amide bonds. The predicted molar refractivity (Wildman–Crippen MR) is 177 cm³/mol. The van der Waals surface area contributed by atoms with Crippen LogP contribution in [0.1, 0.15) is 25.2 Å². The molecule has 3 aromatic rings. The van der Waals surface area contributed by atoms with Crippen molar-refractivity contribution < 1.29 is 43.3 Å². The van der Waals surface area contributed by atoms with Crippen molar-refractivity contribution in [3.8, 4) is 29.9 Å². The van der Waals surface area contributed by atoms with Crippen molar-refractivity contribution in [1.82, 2.24) is 14.3 Å². The highest BCUT2D eigenvalue weighted by atomic mass is 79.9. The van der Waals surface area contributed by atoms with Gasteiger partial charge < -0.3 is 29.3 Å². The van der Waals surface area contributed by atoms with Gasteiger partial charge in [-0.1, -0.05) is 19.8 Å². The molecule has 19 heteroatoms. The van der Waals surface area contributed by atoms with E-state index in [2.05, 4.69) is 66.3 Å². The molecule has 250 valence electrons. The first-order valence-electron chi connectivity index (χ1n) is 13.3. The molecule has 14 nitrogen and oxygen atoms in total. The summed E-state index contributed by atoms with van der Waals surface area (Å²) < 4.78 is 37.4. The van der Waals surface area contributed by atoms with E-state index in [4.69, 9.17) is 31.3 Å². The van der Waals surface area contributed by atoms with E-state index in [1.807, 2.05) is 10.6 Å². The lowest BCUT2D eigenvalue weighted by Crippen LogP contribution is -2.39. The van der Waals surface area contributed by atoms with Crippen LogP contribution >= 0.6 is 51.0 Å². The number of benzene rings is 2. The number of hydrogen-bond acceptors (Lipinski definition) is 10. The first-order chi connectivity index (χ1) is 21.9. The molecular formula is C28H28Br2FN6O8PS. The number of carbonyl (C=O) groups is 2. The van der Waals surface area contributed by atoms with Gasteiger partial charge in [0.2, 0.25) is 4.80 Å². The Bertz CT molecular complexity index is 1860. The molecule has 0 bridgehead atoms. The first-order valence-corrected chi connectivity index (χ1v) is 17.5. The maximum Gasteiger partial charge on any atom is 0.339 e. The minimum atomic E-state index is -4.10. The summed E-state index contributed by atoms with van der Waals surface area (Å²) in [5.74, 6) is 1.89. The molecular weight excluding hydrogens is 790 g/mol. The Kier molecular flexibility index (Phi) is 12.9. The van der Waals surface area contributed by atoms with Crippen molar-refractivity contribution in [2.24, 2.45) is 10.4 Å². The number of rotatable bonds is 6. The van der Waals surface area contributed by atoms with Crippen LogP contribution in [0.15, 0.2) is 38.2 Å². The fourth-order valence-electron chi connectivity index (χ4n) is 4.18. The maximum atomic E-state index is 14.5. The number of phenolic OH excluding ortho intramolecular Hbond substituents is 1. The normalized spacial score (nSPS) is 14.7. The van der Waals surface area contributed by atoms with Gasteiger partial charge in [0.1, 0.15) is 23.0 Å². The number of fused-ring (bicyclic) bond motifs is 2. The lowest BCUT2D eigenvalue weighted by molar-refractivity contribution is -0.135. The second kappa shape index (κ2) is 16.0. The molecule has 5 N–H and O–H groups in total. The zero-order chi connectivity index (χ0) is 35.1. The highest BCUT2D eigenvalue weighted by Gasteiger charge is 2.31. The third-order valence-electron chi connectivity index (χ3n) is 6.17. The molecule has 0 radical (unpaired) electrons. The monoisotopic (exact) mass is 816 g/mol. The SMILES string of the molecule is C#CCN1C(=O)COc2cc(F)c(N=c3snc4n3CC(C)(C)C4)cc21.N#Cc1cc(Br)c(O)c(Br)c1.O=C(O)CNCP(=O)(O)O. The van der Waals surface area contributed by atoms with Gasteiger partial charge in [-0.3, -0.25) is 24.4 Å². The Morgan fingerprint density at radius 2 is 1.96 bits per heavy atom. The van der Waals surface area contributed by atoms with Crippen LogP contribution in [0.4, 0.5) is 15.8 Å². The number of nitrogens with zero attached hydrogens (tertiary/aromatic N) is 5. The van der Waals surface area contributed by atoms with Gasteiger partial charge >= 0.3 is 13.6 Å². The fraction of sp³-hybridized carbons (Fsp3) is 0.321. The summed E-state index contributed by atoms with van der Waals surface area (Å²) in [4.78, 5) is 44.7. The summed E-state index contributed by atoms with van der Waals surface area (Å²) in [6.07, 6.45) is 5.62. The van der Waals surface area contributed by atoms with Crippen molar-refractivity contribution in [3.63, 3.8) is 0 Å². The van der Waals surface area contributed by atoms with E-state index >= 15 is 0 Å². The molecule has 0 atom stereocenters. The lowest BCUT2D eigenvalue weighted by Gasteiger charge is -2.28. The summed E-state index contributed by atoms with van der Waals surface area (Å²) in [6, 6.07) is 7.83. The zero-order valence-corrected chi connectivity index (χ0v) is 29.7. The third-order valence-corrected chi connectivity index (χ3v) is 8.80. The second-order valence-electron chi connectivity index (χ2n) is 10.7. The van der Waals surface area contributed by atoms with Crippen LogP contribution in [-0.2, 0) is 27.1 Å². The Labute approximate surface area is 289 Å². The number of ether oxygens (including phenoxy) is 1. The van der Waals surface area contributed by atoms with Crippen molar-refractivity contribution in [3.05, 3.63) is 55.2 Å². The van der Waals surface area contributed by atoms with Crippen LogP contribution in [-0.4, -0.2) is 66.8 Å². The fourth-order valence-corrected chi connectivity index (χ4v) is 6.53. The molecule has 1 aromatic heterocycles. The smallest absolute Gasteiger partial charge is 0.339 e. The second-order valence-corrected chi connectivity index (χ2v) is 14.8. The summed E-state index contributed by atoms with van der Waals surface area (Å²) in [5.41, 5.74) is 1.18. The number of terminal acetylenes is 1. The Morgan fingerprint density at radius 1 is 1.30 bits per heavy atom. The van der Waals surface area contributed by atoms with Gasteiger partial charge in [0.05, 0.1) is 45.6 Å². The van der Waals surface area contributed by atoms with Gasteiger partial charge in [-0.25, -0.2) is 9.38 Å². The molecule has 47 heavy (non-hydrogen) atoms. The van der Waals surface area contributed by atoms with Crippen LogP contribution < -0.4 is 19.8 Å². The lowest BCUT2D eigenvalue weighted by atomic mass is 9.92. The minimum absolute atomic E-state index is 0.0964. The zero-order valence-electron chi connectivity index (χ0n) is 24.8. The summed E-state index contributed by atoms with van der Waals surface area (Å²) in [7, 11) is -4.10. The van der Waals surface area contributed by atoms with Crippen molar-refractivity contribution in [2.75, 3.05) is 30.9 Å². The molecule has 0 saturated heterocycles. The molecule has 0 spiro atoms. The average molecular weight is 818 g/mol. The molecule has 2 aliphatic heterocycles. The number of aromatic nitrogens is 2. The van der Waals surface area contributed by atoms with Crippen LogP contribution in [0, 0.1) is 34.9 Å². The first kappa shape index (κ1) is 37.8. The number of phenols is 1. The number of anilines is 1. The van der Waals surface area contributed by atoms with Crippen LogP contribution in [0.2, 0.25) is 0 Å². The van der Waals surface area contributed by atoms with Gasteiger partial charge in [0, 0.05) is 30.6 Å². The van der Waals surface area contributed by atoms with E-state index in [1.165, 1.54) is 28.6 Å². The standard InChI is InChI=1S/C18H17FN4O2S.C7H3Br2NO.C3H8NO5P/c1-4-5-22-13-7-12(11(19)6-14(13)25-9-16(22)24)20-17-23-10-18(2,3)8-15(23)21-26-17;8-5-1-4(3-10)2-6(9)7(5)11;5-3(6)1-4-2-10(7,8)9/h1,6-7H,5,8-10H2,2-3H3;1-2,11H;4H,1-2H2,(H,5,6)(H2,7,8,9). The number of nitrogens with one attached hydrogen (secondary N) is 1. The minimum Gasteiger partial charge on any atom is -0.506 e. The van der Waals surface area contributed by atoms with E-state index in [0.29, 0.717) is 30.7 Å². The van der Waals surface area contributed by atoms with Crippen molar-refractivity contribution in [1.29, 1.82) is 5.26 Å². The molecule has 3 heterocycles. The molecule has 0 saturated carbocycles. The Morgan fingerprint density at radius 3 is 2.53 bits per heavy atom. The molecule has 0 aliphatic carbocycles. The van der Waals surface area contributed by atoms with Crippen LogP contribution in [0.5, 0.6) is 11.5 Å². The number of halogens is 3. The van der Waals surface area contributed by atoms with Crippen LogP contribution in [0.25, 0.3) is 0 Å². The van der Waals surface area contributed by atoms with E-state index in [1.54, 1.807) is 12.1 Å². The quantitative estimate of drug-likeness (QED) is 0.178. The molecule has 2 aromatic carbocycles. The van der Waals surface area contributed by atoms with Gasteiger partial charge in [-0.2, -0.15) is 9.64 Å². The van der Waals surface area contributed by atoms with E-state index in [0.717, 1.165) is 18.8 Å². The molecule has 0 unspecified atom stereocenters. The predicted octanol–water partition coefficient (Wildman–Crippen LogP) is 3.84. The van der Waals surface area contributed by atoms with E-state index in [9.17, 15) is 23.7 Å². The number of aliphatic carboxylic acids is 1. The number of amides is 1. The average Bonchev–Trinajstić information content (AvgIpc) is 3.48. The summed E-state index contributed by atoms with van der Waals surface area (Å²) in [5, 5.41) is 27.8. The van der Waals surface area contributed by atoms with Crippen LogP contribution in [0.3, 0.4) is 0 Å². The Balaban J connectivity index is 0.000000236. The van der Waals surface area contributed by atoms with Gasteiger partial charge in [0.15, 0.2) is 12.4 Å². The maximum absolute atomic E-state index is 14.5. The highest BCUT2D eigenvalue weighted by Crippen LogP contribution is 2.38. The highest BCUT2D eigenvalue weighted by molar-refractivity contribution is 9.11. The number of carboxylic acids is 1. The van der Waals surface area contributed by atoms with Crippen molar-refractivity contribution >= 4 is 74.2 Å². The molecule has 2 aliphatic rings. The molecule has 5 rings (SSSR count). The van der Waals surface area contributed by atoms with Crippen molar-refractivity contribution in [2.45, 2.75) is 26.8 Å².